The Bertz CT molecular complexity index is 703. The van der Waals surface area contributed by atoms with Gasteiger partial charge < -0.3 is 9.84 Å². The average molecular weight is 359 g/mol. The van der Waals surface area contributed by atoms with Gasteiger partial charge in [0.1, 0.15) is 5.75 Å². The van der Waals surface area contributed by atoms with Crippen LogP contribution < -0.4 is 4.74 Å². The summed E-state index contributed by atoms with van der Waals surface area (Å²) in [4.78, 5) is 13.7. The third-order valence-electron chi connectivity index (χ3n) is 7.33. The predicted octanol–water partition coefficient (Wildman–Crippen LogP) is 5.18. The molecule has 1 aromatic rings. The molecule has 1 N–H and O–H groups in total. The van der Waals surface area contributed by atoms with Crippen LogP contribution in [-0.2, 0) is 0 Å². The normalized spacial score (nSPS) is 36.3. The number of fused-ring (bicyclic) bond motifs is 1. The molecule has 0 aliphatic heterocycles. The van der Waals surface area contributed by atoms with Gasteiger partial charge in [0.25, 0.3) is 0 Å². The molecule has 0 aromatic heterocycles. The molecule has 0 amide bonds. The van der Waals surface area contributed by atoms with Crippen molar-refractivity contribution in [2.45, 2.75) is 72.3 Å². The number of methoxy groups -OCH3 is 1. The molecule has 26 heavy (non-hydrogen) atoms. The highest BCUT2D eigenvalue weighted by Gasteiger charge is 2.60. The molecule has 0 unspecified atom stereocenters. The van der Waals surface area contributed by atoms with Crippen LogP contribution in [0.25, 0.3) is 0 Å². The number of aliphatic hydroxyl groups is 1. The fraction of sp³-hybridized carbons (Fsp3) is 0.696. The maximum Gasteiger partial charge on any atom is 0.169 e. The van der Waals surface area contributed by atoms with Crippen LogP contribution >= 0.6 is 0 Å². The Morgan fingerprint density at radius 1 is 1.12 bits per heavy atom. The first-order valence-corrected chi connectivity index (χ1v) is 9.93. The number of carbonyl (C=O) groups excluding carboxylic acids is 1. The molecule has 3 nitrogen and oxygen atoms in total. The van der Waals surface area contributed by atoms with Gasteiger partial charge in [-0.25, -0.2) is 0 Å². The van der Waals surface area contributed by atoms with E-state index in [9.17, 15) is 9.90 Å². The zero-order valence-electron chi connectivity index (χ0n) is 17.2. The number of ether oxygens (including phenoxy) is 1. The SMILES string of the molecule is COc1cc(C)cc(C(=O)[C@@H]2[C@@]3(C)CCCC(C)(C)[C@@H]3CC[C@@]2(C)O)c1. The Labute approximate surface area is 158 Å². The van der Waals surface area contributed by atoms with Gasteiger partial charge in [0.2, 0.25) is 0 Å². The summed E-state index contributed by atoms with van der Waals surface area (Å²) in [7, 11) is 1.63. The lowest BCUT2D eigenvalue weighted by Gasteiger charge is -2.60. The first kappa shape index (κ1) is 19.4. The zero-order valence-corrected chi connectivity index (χ0v) is 17.2. The van der Waals surface area contributed by atoms with Gasteiger partial charge in [-0.3, -0.25) is 4.79 Å². The lowest BCUT2D eigenvalue weighted by atomic mass is 9.45. The largest absolute Gasteiger partial charge is 0.497 e. The number of carbonyl (C=O) groups is 1. The molecular formula is C23H34O3. The zero-order chi connectivity index (χ0) is 19.3. The van der Waals surface area contributed by atoms with E-state index >= 15 is 0 Å². The van der Waals surface area contributed by atoms with Crippen molar-refractivity contribution in [1.82, 2.24) is 0 Å². The third-order valence-corrected chi connectivity index (χ3v) is 7.33. The highest BCUT2D eigenvalue weighted by Crippen LogP contribution is 2.62. The Balaban J connectivity index is 2.07. The number of ketones is 1. The summed E-state index contributed by atoms with van der Waals surface area (Å²) < 4.78 is 5.38. The van der Waals surface area contributed by atoms with Crippen LogP contribution in [0.15, 0.2) is 18.2 Å². The number of aryl methyl sites for hydroxylation is 1. The quantitative estimate of drug-likeness (QED) is 0.757. The molecule has 2 fully saturated rings. The van der Waals surface area contributed by atoms with Crippen LogP contribution in [0.5, 0.6) is 5.75 Å². The summed E-state index contributed by atoms with van der Waals surface area (Å²) in [6.45, 7) is 10.8. The maximum atomic E-state index is 13.7. The van der Waals surface area contributed by atoms with Gasteiger partial charge in [-0.15, -0.1) is 0 Å². The smallest absolute Gasteiger partial charge is 0.169 e. The lowest BCUT2D eigenvalue weighted by molar-refractivity contribution is -0.149. The number of Topliss-reactive ketones (excluding diaryl/α,β-unsaturated/α-hetero) is 1. The molecular weight excluding hydrogens is 324 g/mol. The van der Waals surface area contributed by atoms with Crippen molar-refractivity contribution in [2.75, 3.05) is 7.11 Å². The molecule has 0 heterocycles. The predicted molar refractivity (Wildman–Crippen MR) is 105 cm³/mol. The van der Waals surface area contributed by atoms with E-state index in [1.807, 2.05) is 32.0 Å². The van der Waals surface area contributed by atoms with Crippen molar-refractivity contribution >= 4 is 5.78 Å². The van der Waals surface area contributed by atoms with Crippen LogP contribution in [0.1, 0.15) is 75.7 Å². The molecule has 4 atom stereocenters. The standard InChI is InChI=1S/C23H34O3/c1-15-12-16(14-17(13-15)26-6)19(24)20-22(4)10-7-9-21(2,3)18(22)8-11-23(20,5)25/h12-14,18,20,25H,7-11H2,1-6H3/t18-,20+,22-,23+/m0/s1. The van der Waals surface area contributed by atoms with Crippen LogP contribution in [0, 0.1) is 29.6 Å². The molecule has 0 saturated heterocycles. The Morgan fingerprint density at radius 3 is 2.46 bits per heavy atom. The summed E-state index contributed by atoms with van der Waals surface area (Å²) in [6, 6.07) is 5.69. The average Bonchev–Trinajstić information content (AvgIpc) is 2.51. The monoisotopic (exact) mass is 358 g/mol. The third kappa shape index (κ3) is 3.09. The summed E-state index contributed by atoms with van der Waals surface area (Å²) >= 11 is 0. The first-order chi connectivity index (χ1) is 12.0. The maximum absolute atomic E-state index is 13.7. The summed E-state index contributed by atoms with van der Waals surface area (Å²) in [5, 5.41) is 11.3. The molecule has 144 valence electrons. The van der Waals surface area contributed by atoms with Crippen LogP contribution in [0.4, 0.5) is 0 Å². The second kappa shape index (κ2) is 6.37. The van der Waals surface area contributed by atoms with E-state index in [4.69, 9.17) is 4.74 Å². The van der Waals surface area contributed by atoms with Crippen molar-refractivity contribution in [3.05, 3.63) is 29.3 Å². The van der Waals surface area contributed by atoms with Gasteiger partial charge in [-0.05, 0) is 80.0 Å². The lowest BCUT2D eigenvalue weighted by Crippen LogP contribution is -2.60. The molecule has 0 radical (unpaired) electrons. The minimum Gasteiger partial charge on any atom is -0.497 e. The van der Waals surface area contributed by atoms with E-state index in [1.165, 1.54) is 6.42 Å². The molecule has 2 saturated carbocycles. The van der Waals surface area contributed by atoms with Crippen LogP contribution in [0.3, 0.4) is 0 Å². The van der Waals surface area contributed by atoms with Crippen molar-refractivity contribution in [2.24, 2.45) is 22.7 Å². The van der Waals surface area contributed by atoms with E-state index in [1.54, 1.807) is 7.11 Å². The molecule has 0 spiro atoms. The molecule has 2 aliphatic carbocycles. The Morgan fingerprint density at radius 2 is 1.81 bits per heavy atom. The number of hydrogen-bond donors (Lipinski definition) is 1. The van der Waals surface area contributed by atoms with Crippen LogP contribution in [-0.4, -0.2) is 23.6 Å². The van der Waals surface area contributed by atoms with E-state index in [0.29, 0.717) is 23.7 Å². The summed E-state index contributed by atoms with van der Waals surface area (Å²) in [5.74, 6) is 0.862. The van der Waals surface area contributed by atoms with Crippen molar-refractivity contribution < 1.29 is 14.6 Å². The topological polar surface area (TPSA) is 46.5 Å². The van der Waals surface area contributed by atoms with Crippen LogP contribution in [0.2, 0.25) is 0 Å². The van der Waals surface area contributed by atoms with Gasteiger partial charge in [-0.2, -0.15) is 0 Å². The molecule has 3 heteroatoms. The fourth-order valence-electron chi connectivity index (χ4n) is 6.28. The van der Waals surface area contributed by atoms with E-state index in [-0.39, 0.29) is 22.5 Å². The molecule has 2 aliphatic rings. The van der Waals surface area contributed by atoms with E-state index in [0.717, 1.165) is 24.8 Å². The van der Waals surface area contributed by atoms with Gasteiger partial charge in [0.15, 0.2) is 5.78 Å². The van der Waals surface area contributed by atoms with Gasteiger partial charge >= 0.3 is 0 Å². The van der Waals surface area contributed by atoms with Crippen molar-refractivity contribution in [3.8, 4) is 5.75 Å². The number of benzene rings is 1. The Hall–Kier alpha value is -1.35. The highest BCUT2D eigenvalue weighted by molar-refractivity contribution is 5.99. The minimum absolute atomic E-state index is 0.0712. The number of hydrogen-bond acceptors (Lipinski definition) is 3. The highest BCUT2D eigenvalue weighted by atomic mass is 16.5. The summed E-state index contributed by atoms with van der Waals surface area (Å²) in [6.07, 6.45) is 5.02. The van der Waals surface area contributed by atoms with E-state index in [2.05, 4.69) is 20.8 Å². The van der Waals surface area contributed by atoms with Gasteiger partial charge in [0.05, 0.1) is 18.6 Å². The fourth-order valence-corrected chi connectivity index (χ4v) is 6.28. The molecule has 1 aromatic carbocycles. The summed E-state index contributed by atoms with van der Waals surface area (Å²) in [5.41, 5.74) is 0.752. The molecule has 3 rings (SSSR count). The van der Waals surface area contributed by atoms with Gasteiger partial charge in [-0.1, -0.05) is 27.2 Å². The number of rotatable bonds is 3. The Kier molecular flexibility index (Phi) is 4.75. The molecule has 0 bridgehead atoms. The van der Waals surface area contributed by atoms with Gasteiger partial charge in [0, 0.05) is 5.56 Å². The second-order valence-corrected chi connectivity index (χ2v) is 9.83. The van der Waals surface area contributed by atoms with Crippen molar-refractivity contribution in [3.63, 3.8) is 0 Å². The minimum atomic E-state index is -0.966. The second-order valence-electron chi connectivity index (χ2n) is 9.83. The van der Waals surface area contributed by atoms with Crippen molar-refractivity contribution in [1.29, 1.82) is 0 Å². The van der Waals surface area contributed by atoms with E-state index < -0.39 is 5.60 Å². The first-order valence-electron chi connectivity index (χ1n) is 9.93.